The molecule has 0 bridgehead atoms. The summed E-state index contributed by atoms with van der Waals surface area (Å²) in [5, 5.41) is 26.0. The number of aromatic nitrogens is 3. The highest BCUT2D eigenvalue weighted by atomic mass is 32.2. The van der Waals surface area contributed by atoms with E-state index in [1.807, 2.05) is 4.90 Å². The molecule has 3 aromatic rings. The van der Waals surface area contributed by atoms with E-state index < -0.39 is 10.8 Å². The van der Waals surface area contributed by atoms with Gasteiger partial charge >= 0.3 is 5.88 Å². The zero-order valence-corrected chi connectivity index (χ0v) is 18.3. The van der Waals surface area contributed by atoms with Gasteiger partial charge in [0.25, 0.3) is 5.91 Å². The van der Waals surface area contributed by atoms with Crippen LogP contribution in [-0.4, -0.2) is 68.9 Å². The number of anilines is 2. The second-order valence-electron chi connectivity index (χ2n) is 6.68. The Morgan fingerprint density at radius 2 is 2.06 bits per heavy atom. The number of hydrogen-bond acceptors (Lipinski definition) is 12. The molecule has 13 nitrogen and oxygen atoms in total. The average Bonchev–Trinajstić information content (AvgIpc) is 3.53. The number of rotatable bonds is 7. The summed E-state index contributed by atoms with van der Waals surface area (Å²) in [5.41, 5.74) is 0. The zero-order chi connectivity index (χ0) is 22.7. The Morgan fingerprint density at radius 1 is 1.28 bits per heavy atom. The highest BCUT2D eigenvalue weighted by Crippen LogP contribution is 2.29. The molecule has 168 valence electrons. The first-order valence-corrected chi connectivity index (χ1v) is 11.2. The summed E-state index contributed by atoms with van der Waals surface area (Å²) in [6.07, 6.45) is 0. The fourth-order valence-corrected chi connectivity index (χ4v) is 4.61. The minimum Gasteiger partial charge on any atom is -0.395 e. The van der Waals surface area contributed by atoms with Gasteiger partial charge in [0.15, 0.2) is 15.9 Å². The third-order valence-electron chi connectivity index (χ3n) is 4.44. The van der Waals surface area contributed by atoms with Gasteiger partial charge in [-0.05, 0) is 13.0 Å². The molecule has 4 rings (SSSR count). The normalized spacial score (nSPS) is 13.9. The van der Waals surface area contributed by atoms with Gasteiger partial charge in [-0.2, -0.15) is 0 Å². The second kappa shape index (κ2) is 9.35. The number of hydrogen-bond donors (Lipinski definition) is 1. The lowest BCUT2D eigenvalue weighted by molar-refractivity contribution is -0.402. The van der Waals surface area contributed by atoms with Crippen LogP contribution < -0.4 is 10.2 Å². The number of thioether (sulfide) groups is 1. The van der Waals surface area contributed by atoms with Crippen LogP contribution in [0.25, 0.3) is 0 Å². The van der Waals surface area contributed by atoms with Crippen LogP contribution >= 0.6 is 23.1 Å². The molecule has 4 heterocycles. The fourth-order valence-electron chi connectivity index (χ4n) is 2.92. The van der Waals surface area contributed by atoms with E-state index in [-0.39, 0.29) is 23.3 Å². The molecule has 32 heavy (non-hydrogen) atoms. The molecule has 3 aromatic heterocycles. The van der Waals surface area contributed by atoms with Crippen LogP contribution in [0.5, 0.6) is 0 Å². The maximum absolute atomic E-state index is 12.5. The Kier molecular flexibility index (Phi) is 6.36. The molecule has 2 amide bonds. The number of nitro groups is 1. The summed E-state index contributed by atoms with van der Waals surface area (Å²) in [6, 6.07) is 4.10. The third kappa shape index (κ3) is 5.05. The van der Waals surface area contributed by atoms with Gasteiger partial charge in [-0.15, -0.1) is 10.2 Å². The predicted molar refractivity (Wildman–Crippen MR) is 114 cm³/mol. The summed E-state index contributed by atoms with van der Waals surface area (Å²) in [6.45, 7) is 3.61. The summed E-state index contributed by atoms with van der Waals surface area (Å²) < 4.78 is 10.5. The average molecular weight is 480 g/mol. The Hall–Kier alpha value is -3.46. The van der Waals surface area contributed by atoms with E-state index in [9.17, 15) is 19.7 Å². The maximum atomic E-state index is 12.5. The van der Waals surface area contributed by atoms with E-state index in [1.165, 1.54) is 29.2 Å². The van der Waals surface area contributed by atoms with Gasteiger partial charge in [0.2, 0.25) is 11.0 Å². The summed E-state index contributed by atoms with van der Waals surface area (Å²) in [7, 11) is 0. The molecule has 0 atom stereocenters. The van der Waals surface area contributed by atoms with Gasteiger partial charge in [-0.1, -0.05) is 28.3 Å². The molecule has 0 saturated carbocycles. The molecule has 0 aromatic carbocycles. The highest BCUT2D eigenvalue weighted by molar-refractivity contribution is 8.01. The van der Waals surface area contributed by atoms with E-state index in [1.54, 1.807) is 17.9 Å². The molecule has 15 heteroatoms. The SMILES string of the molecule is Cc1cc(NC(=O)CSc2nnc(N3CCN(C(=O)c4ccc([N+](=O)[O-])o4)CC3)s2)no1. The summed E-state index contributed by atoms with van der Waals surface area (Å²) in [4.78, 5) is 38.1. The van der Waals surface area contributed by atoms with Crippen molar-refractivity contribution in [2.45, 2.75) is 11.3 Å². The van der Waals surface area contributed by atoms with Gasteiger partial charge in [0.1, 0.15) is 10.7 Å². The molecule has 0 radical (unpaired) electrons. The summed E-state index contributed by atoms with van der Waals surface area (Å²) >= 11 is 2.62. The van der Waals surface area contributed by atoms with Crippen molar-refractivity contribution < 1.29 is 23.5 Å². The maximum Gasteiger partial charge on any atom is 0.433 e. The quantitative estimate of drug-likeness (QED) is 0.300. The monoisotopic (exact) mass is 479 g/mol. The lowest BCUT2D eigenvalue weighted by Crippen LogP contribution is -2.48. The van der Waals surface area contributed by atoms with Crippen LogP contribution in [0.3, 0.4) is 0 Å². The highest BCUT2D eigenvalue weighted by Gasteiger charge is 2.27. The van der Waals surface area contributed by atoms with Crippen molar-refractivity contribution in [3.63, 3.8) is 0 Å². The number of nitrogens with one attached hydrogen (secondary N) is 1. The van der Waals surface area contributed by atoms with E-state index in [0.29, 0.717) is 47.2 Å². The first-order chi connectivity index (χ1) is 15.4. The minimum absolute atomic E-state index is 0.0567. The predicted octanol–water partition coefficient (Wildman–Crippen LogP) is 2.03. The fraction of sp³-hybridized carbons (Fsp3) is 0.353. The van der Waals surface area contributed by atoms with Crippen molar-refractivity contribution in [1.29, 1.82) is 0 Å². The molecule has 1 aliphatic heterocycles. The minimum atomic E-state index is -0.682. The number of carbonyl (C=O) groups excluding carboxylic acids is 2. The molecule has 0 unspecified atom stereocenters. The van der Waals surface area contributed by atoms with Crippen molar-refractivity contribution in [1.82, 2.24) is 20.3 Å². The lowest BCUT2D eigenvalue weighted by Gasteiger charge is -2.33. The standard InChI is InChI=1S/C17H17N7O6S2/c1-10-8-12(21-30-10)18-13(25)9-31-17-20-19-16(32-17)23-6-4-22(5-7-23)15(26)11-2-3-14(29-11)24(27)28/h2-3,8H,4-7,9H2,1H3,(H,18,21,25). The molecule has 0 aliphatic carbocycles. The number of piperazine rings is 1. The topological polar surface area (TPSA) is 161 Å². The number of aryl methyl sites for hydroxylation is 1. The van der Waals surface area contributed by atoms with Crippen LogP contribution in [-0.2, 0) is 4.79 Å². The number of furan rings is 1. The number of carbonyl (C=O) groups is 2. The lowest BCUT2D eigenvalue weighted by atomic mass is 10.3. The molecule has 0 spiro atoms. The van der Waals surface area contributed by atoms with E-state index >= 15 is 0 Å². The van der Waals surface area contributed by atoms with Crippen LogP contribution in [0.2, 0.25) is 0 Å². The van der Waals surface area contributed by atoms with Crippen molar-refractivity contribution in [3.05, 3.63) is 39.8 Å². The van der Waals surface area contributed by atoms with E-state index in [2.05, 4.69) is 20.7 Å². The van der Waals surface area contributed by atoms with Gasteiger partial charge in [-0.25, -0.2) is 0 Å². The first-order valence-electron chi connectivity index (χ1n) is 9.37. The molecule has 1 fully saturated rings. The largest absolute Gasteiger partial charge is 0.433 e. The summed E-state index contributed by atoms with van der Waals surface area (Å²) in [5.74, 6) is -0.0194. The van der Waals surface area contributed by atoms with Gasteiger partial charge in [0, 0.05) is 32.2 Å². The Labute approximate surface area is 188 Å². The van der Waals surface area contributed by atoms with Crippen LogP contribution in [0.4, 0.5) is 16.8 Å². The van der Waals surface area contributed by atoms with Crippen LogP contribution in [0, 0.1) is 17.0 Å². The van der Waals surface area contributed by atoms with E-state index in [0.717, 1.165) is 6.07 Å². The number of amides is 2. The van der Waals surface area contributed by atoms with Gasteiger partial charge in [-0.3, -0.25) is 19.7 Å². The smallest absolute Gasteiger partial charge is 0.395 e. The molecular weight excluding hydrogens is 462 g/mol. The Morgan fingerprint density at radius 3 is 2.72 bits per heavy atom. The van der Waals surface area contributed by atoms with Crippen LogP contribution in [0.1, 0.15) is 16.3 Å². The molecule has 1 aliphatic rings. The molecule has 1 N–H and O–H groups in total. The number of nitrogens with zero attached hydrogens (tertiary/aromatic N) is 6. The van der Waals surface area contributed by atoms with E-state index in [4.69, 9.17) is 8.94 Å². The van der Waals surface area contributed by atoms with Crippen LogP contribution in [0.15, 0.2) is 31.5 Å². The second-order valence-corrected chi connectivity index (χ2v) is 8.86. The molecule has 1 saturated heterocycles. The van der Waals surface area contributed by atoms with Gasteiger partial charge in [0.05, 0.1) is 11.8 Å². The first kappa shape index (κ1) is 21.8. The van der Waals surface area contributed by atoms with Crippen molar-refractivity contribution in [3.8, 4) is 0 Å². The van der Waals surface area contributed by atoms with Gasteiger partial charge < -0.3 is 24.1 Å². The van der Waals surface area contributed by atoms with Crippen molar-refractivity contribution in [2.75, 3.05) is 42.1 Å². The zero-order valence-electron chi connectivity index (χ0n) is 16.7. The third-order valence-corrected chi connectivity index (χ3v) is 6.56. The molecular formula is C17H17N7O6S2. The Bertz CT molecular complexity index is 1130. The Balaban J connectivity index is 1.25. The van der Waals surface area contributed by atoms with Crippen molar-refractivity contribution in [2.24, 2.45) is 0 Å². The van der Waals surface area contributed by atoms with Crippen molar-refractivity contribution >= 4 is 51.7 Å².